The van der Waals surface area contributed by atoms with Gasteiger partial charge < -0.3 is 15.7 Å². The SMILES string of the molecule is CCN(CC(C)(C)O)C(=O)c1ccc(C#CCN)s1. The van der Waals surface area contributed by atoms with E-state index >= 15 is 0 Å². The third kappa shape index (κ3) is 5.03. The number of aliphatic hydroxyl groups is 1. The van der Waals surface area contributed by atoms with Crippen molar-refractivity contribution in [1.29, 1.82) is 0 Å². The van der Waals surface area contributed by atoms with E-state index in [1.165, 1.54) is 11.3 Å². The fraction of sp³-hybridized carbons (Fsp3) is 0.500. The number of hydrogen-bond acceptors (Lipinski definition) is 4. The number of hydrogen-bond donors (Lipinski definition) is 2. The van der Waals surface area contributed by atoms with Gasteiger partial charge in [-0.1, -0.05) is 11.8 Å². The molecule has 1 rings (SSSR count). The molecule has 0 atom stereocenters. The average Bonchev–Trinajstić information content (AvgIpc) is 2.80. The van der Waals surface area contributed by atoms with E-state index in [-0.39, 0.29) is 5.91 Å². The van der Waals surface area contributed by atoms with Crippen LogP contribution in [0.25, 0.3) is 0 Å². The lowest BCUT2D eigenvalue weighted by Crippen LogP contribution is -2.41. The van der Waals surface area contributed by atoms with Crippen molar-refractivity contribution in [2.75, 3.05) is 19.6 Å². The summed E-state index contributed by atoms with van der Waals surface area (Å²) in [5.41, 5.74) is 4.41. The average molecular weight is 280 g/mol. The zero-order valence-corrected chi connectivity index (χ0v) is 12.4. The fourth-order valence-corrected chi connectivity index (χ4v) is 2.46. The molecule has 1 heterocycles. The molecule has 0 fully saturated rings. The lowest BCUT2D eigenvalue weighted by Gasteiger charge is -2.27. The Kier molecular flexibility index (Phi) is 5.55. The van der Waals surface area contributed by atoms with E-state index < -0.39 is 5.60 Å². The molecule has 0 saturated heterocycles. The van der Waals surface area contributed by atoms with E-state index in [0.29, 0.717) is 24.5 Å². The van der Waals surface area contributed by atoms with Crippen LogP contribution in [0.4, 0.5) is 0 Å². The Morgan fingerprint density at radius 2 is 2.21 bits per heavy atom. The van der Waals surface area contributed by atoms with Crippen molar-refractivity contribution in [3.63, 3.8) is 0 Å². The Morgan fingerprint density at radius 1 is 1.53 bits per heavy atom. The minimum Gasteiger partial charge on any atom is -0.389 e. The summed E-state index contributed by atoms with van der Waals surface area (Å²) in [5, 5.41) is 9.81. The molecule has 0 aliphatic rings. The van der Waals surface area contributed by atoms with Gasteiger partial charge in [0.1, 0.15) is 0 Å². The molecule has 0 unspecified atom stereocenters. The van der Waals surface area contributed by atoms with Crippen LogP contribution >= 0.6 is 11.3 Å². The first-order valence-corrected chi connectivity index (χ1v) is 6.99. The summed E-state index contributed by atoms with van der Waals surface area (Å²) in [6, 6.07) is 3.58. The minimum absolute atomic E-state index is 0.0737. The third-order valence-electron chi connectivity index (χ3n) is 2.38. The van der Waals surface area contributed by atoms with Crippen LogP contribution in [0.15, 0.2) is 12.1 Å². The second-order valence-electron chi connectivity index (χ2n) is 4.80. The zero-order chi connectivity index (χ0) is 14.5. The molecule has 5 heteroatoms. The zero-order valence-electron chi connectivity index (χ0n) is 11.6. The highest BCUT2D eigenvalue weighted by Gasteiger charge is 2.23. The lowest BCUT2D eigenvalue weighted by molar-refractivity contribution is 0.0317. The summed E-state index contributed by atoms with van der Waals surface area (Å²) < 4.78 is 0. The van der Waals surface area contributed by atoms with Crippen molar-refractivity contribution in [3.8, 4) is 11.8 Å². The minimum atomic E-state index is -0.898. The van der Waals surface area contributed by atoms with Gasteiger partial charge >= 0.3 is 0 Å². The van der Waals surface area contributed by atoms with Crippen molar-refractivity contribution >= 4 is 17.2 Å². The Labute approximate surface area is 118 Å². The van der Waals surface area contributed by atoms with E-state index in [1.54, 1.807) is 24.8 Å². The fourth-order valence-electron chi connectivity index (χ4n) is 1.61. The van der Waals surface area contributed by atoms with Crippen LogP contribution in [0.5, 0.6) is 0 Å². The van der Waals surface area contributed by atoms with Crippen molar-refractivity contribution in [2.45, 2.75) is 26.4 Å². The highest BCUT2D eigenvalue weighted by atomic mass is 32.1. The monoisotopic (exact) mass is 280 g/mol. The lowest BCUT2D eigenvalue weighted by atomic mass is 10.1. The molecule has 0 aliphatic heterocycles. The summed E-state index contributed by atoms with van der Waals surface area (Å²) in [5.74, 6) is 5.60. The molecule has 1 aromatic rings. The third-order valence-corrected chi connectivity index (χ3v) is 3.37. The maximum atomic E-state index is 12.3. The van der Waals surface area contributed by atoms with Crippen LogP contribution in [-0.4, -0.2) is 41.1 Å². The van der Waals surface area contributed by atoms with E-state index in [1.807, 2.05) is 13.0 Å². The van der Waals surface area contributed by atoms with Gasteiger partial charge in [0.15, 0.2) is 0 Å². The molecule has 0 saturated carbocycles. The Balaban J connectivity index is 2.83. The first-order chi connectivity index (χ1) is 8.87. The Bertz CT molecular complexity index is 492. The topological polar surface area (TPSA) is 66.6 Å². The first kappa shape index (κ1) is 15.7. The summed E-state index contributed by atoms with van der Waals surface area (Å²) in [4.78, 5) is 15.4. The molecule has 0 bridgehead atoms. The Morgan fingerprint density at radius 3 is 2.74 bits per heavy atom. The molecule has 0 radical (unpaired) electrons. The molecule has 0 aromatic carbocycles. The number of likely N-dealkylation sites (N-methyl/N-ethyl adjacent to an activating group) is 1. The van der Waals surface area contributed by atoms with Gasteiger partial charge in [0.05, 0.1) is 21.9 Å². The molecular weight excluding hydrogens is 260 g/mol. The van der Waals surface area contributed by atoms with E-state index in [4.69, 9.17) is 5.73 Å². The van der Waals surface area contributed by atoms with Crippen LogP contribution in [0.3, 0.4) is 0 Å². The maximum Gasteiger partial charge on any atom is 0.264 e. The first-order valence-electron chi connectivity index (χ1n) is 6.18. The number of rotatable bonds is 4. The number of carbonyl (C=O) groups is 1. The van der Waals surface area contributed by atoms with Crippen LogP contribution < -0.4 is 5.73 Å². The predicted octanol–water partition coefficient (Wildman–Crippen LogP) is 1.29. The van der Waals surface area contributed by atoms with Crippen molar-refractivity contribution in [1.82, 2.24) is 4.90 Å². The molecule has 1 aromatic heterocycles. The molecule has 19 heavy (non-hydrogen) atoms. The normalized spacial score (nSPS) is 10.8. The second kappa shape index (κ2) is 6.71. The van der Waals surface area contributed by atoms with Gasteiger partial charge in [0.2, 0.25) is 0 Å². The standard InChI is InChI=1S/C14H20N2O2S/c1-4-16(10-14(2,3)18)13(17)12-8-7-11(19-12)6-5-9-15/h7-8,18H,4,9-10,15H2,1-3H3. The molecule has 4 nitrogen and oxygen atoms in total. The van der Waals surface area contributed by atoms with Gasteiger partial charge in [-0.3, -0.25) is 4.79 Å². The van der Waals surface area contributed by atoms with E-state index in [2.05, 4.69) is 11.8 Å². The van der Waals surface area contributed by atoms with Gasteiger partial charge in [-0.05, 0) is 32.9 Å². The predicted molar refractivity (Wildman–Crippen MR) is 78.1 cm³/mol. The number of nitrogens with two attached hydrogens (primary N) is 1. The van der Waals surface area contributed by atoms with E-state index in [9.17, 15) is 9.90 Å². The summed E-state index contributed by atoms with van der Waals surface area (Å²) >= 11 is 1.35. The second-order valence-corrected chi connectivity index (χ2v) is 5.89. The van der Waals surface area contributed by atoms with E-state index in [0.717, 1.165) is 4.88 Å². The highest BCUT2D eigenvalue weighted by Crippen LogP contribution is 2.18. The number of amides is 1. The maximum absolute atomic E-state index is 12.3. The largest absolute Gasteiger partial charge is 0.389 e. The Hall–Kier alpha value is -1.35. The molecular formula is C14H20N2O2S. The van der Waals surface area contributed by atoms with Crippen LogP contribution in [-0.2, 0) is 0 Å². The summed E-state index contributed by atoms with van der Waals surface area (Å²) in [7, 11) is 0. The van der Waals surface area contributed by atoms with Crippen LogP contribution in [0, 0.1) is 11.8 Å². The summed E-state index contributed by atoms with van der Waals surface area (Å²) in [6.07, 6.45) is 0. The number of carbonyl (C=O) groups excluding carboxylic acids is 1. The van der Waals surface area contributed by atoms with Gasteiger partial charge in [0, 0.05) is 13.1 Å². The molecule has 0 spiro atoms. The van der Waals surface area contributed by atoms with Gasteiger partial charge in [-0.15, -0.1) is 11.3 Å². The van der Waals surface area contributed by atoms with Crippen molar-refractivity contribution in [3.05, 3.63) is 21.9 Å². The molecule has 3 N–H and O–H groups in total. The van der Waals surface area contributed by atoms with Crippen molar-refractivity contribution in [2.24, 2.45) is 5.73 Å². The molecule has 1 amide bonds. The van der Waals surface area contributed by atoms with Gasteiger partial charge in [-0.25, -0.2) is 0 Å². The molecule has 0 aliphatic carbocycles. The number of nitrogens with zero attached hydrogens (tertiary/aromatic N) is 1. The number of thiophene rings is 1. The van der Waals surface area contributed by atoms with Crippen molar-refractivity contribution < 1.29 is 9.90 Å². The van der Waals surface area contributed by atoms with Gasteiger partial charge in [0.25, 0.3) is 5.91 Å². The summed E-state index contributed by atoms with van der Waals surface area (Å²) in [6.45, 7) is 6.45. The molecule has 104 valence electrons. The van der Waals surface area contributed by atoms with Gasteiger partial charge in [-0.2, -0.15) is 0 Å². The quantitative estimate of drug-likeness (QED) is 0.817. The van der Waals surface area contributed by atoms with Crippen LogP contribution in [0.2, 0.25) is 0 Å². The smallest absolute Gasteiger partial charge is 0.264 e. The van der Waals surface area contributed by atoms with Crippen LogP contribution in [0.1, 0.15) is 35.3 Å². The highest BCUT2D eigenvalue weighted by molar-refractivity contribution is 7.14.